The number of Topliss-reactive ketones (excluding diaryl/α,β-unsaturated/α-hetero) is 1. The van der Waals surface area contributed by atoms with Gasteiger partial charge in [0.15, 0.2) is 12.4 Å². The van der Waals surface area contributed by atoms with E-state index in [4.69, 9.17) is 9.47 Å². The van der Waals surface area contributed by atoms with Crippen LogP contribution in [-0.4, -0.2) is 37.9 Å². The van der Waals surface area contributed by atoms with Gasteiger partial charge >= 0.3 is 5.97 Å². The molecular weight excluding hydrogens is 358 g/mol. The smallest absolute Gasteiger partial charge is 0.325 e. The van der Waals surface area contributed by atoms with Gasteiger partial charge in [-0.2, -0.15) is 0 Å². The highest BCUT2D eigenvalue weighted by Gasteiger charge is 2.15. The third-order valence-electron chi connectivity index (χ3n) is 4.18. The van der Waals surface area contributed by atoms with Crippen LogP contribution in [0.4, 0.5) is 0 Å². The predicted molar refractivity (Wildman–Crippen MR) is 106 cm³/mol. The molecule has 1 amide bonds. The molecule has 1 N–H and O–H groups in total. The average molecular weight is 383 g/mol. The molecule has 0 bridgehead atoms. The van der Waals surface area contributed by atoms with Crippen molar-refractivity contribution in [3.05, 3.63) is 65.2 Å². The van der Waals surface area contributed by atoms with Crippen molar-refractivity contribution in [1.29, 1.82) is 0 Å². The summed E-state index contributed by atoms with van der Waals surface area (Å²) in [5, 5.41) is 2.49. The molecule has 0 aliphatic rings. The Balaban J connectivity index is 1.79. The third-order valence-corrected chi connectivity index (χ3v) is 4.18. The summed E-state index contributed by atoms with van der Waals surface area (Å²) in [6, 6.07) is 13.7. The van der Waals surface area contributed by atoms with Crippen LogP contribution in [0.1, 0.15) is 47.1 Å². The molecule has 0 saturated carbocycles. The Labute approximate surface area is 164 Å². The maximum absolute atomic E-state index is 12.1. The molecule has 2 aromatic rings. The van der Waals surface area contributed by atoms with E-state index in [0.29, 0.717) is 16.9 Å². The number of amides is 1. The molecule has 28 heavy (non-hydrogen) atoms. The number of carbonyl (C=O) groups is 3. The van der Waals surface area contributed by atoms with Gasteiger partial charge in [-0.1, -0.05) is 32.9 Å². The summed E-state index contributed by atoms with van der Waals surface area (Å²) < 4.78 is 9.95. The van der Waals surface area contributed by atoms with Crippen LogP contribution in [0.2, 0.25) is 0 Å². The number of methoxy groups -OCH3 is 1. The highest BCUT2D eigenvalue weighted by molar-refractivity contribution is 5.99. The first-order valence-electron chi connectivity index (χ1n) is 8.92. The Morgan fingerprint density at radius 3 is 2.00 bits per heavy atom. The minimum Gasteiger partial charge on any atom is -0.497 e. The lowest BCUT2D eigenvalue weighted by Crippen LogP contribution is -2.31. The van der Waals surface area contributed by atoms with E-state index in [2.05, 4.69) is 26.1 Å². The standard InChI is InChI=1S/C22H25NO5/c1-22(2,3)17-9-5-16(6-10-17)21(26)23-13-20(25)28-14-19(24)15-7-11-18(27-4)12-8-15/h5-12H,13-14H2,1-4H3,(H,23,26). The third kappa shape index (κ3) is 5.94. The summed E-state index contributed by atoms with van der Waals surface area (Å²) in [6.45, 7) is 5.57. The maximum atomic E-state index is 12.1. The number of nitrogens with one attached hydrogen (secondary N) is 1. The van der Waals surface area contributed by atoms with Crippen molar-refractivity contribution in [2.75, 3.05) is 20.3 Å². The molecule has 148 valence electrons. The lowest BCUT2D eigenvalue weighted by atomic mass is 9.87. The first-order valence-corrected chi connectivity index (χ1v) is 8.92. The van der Waals surface area contributed by atoms with Gasteiger partial charge in [-0.15, -0.1) is 0 Å². The van der Waals surface area contributed by atoms with Crippen molar-refractivity contribution in [3.8, 4) is 5.75 Å². The summed E-state index contributed by atoms with van der Waals surface area (Å²) in [5.41, 5.74) is 1.97. The van der Waals surface area contributed by atoms with E-state index in [1.54, 1.807) is 36.4 Å². The predicted octanol–water partition coefficient (Wildman–Crippen LogP) is 3.15. The zero-order valence-electron chi connectivity index (χ0n) is 16.6. The molecule has 0 fully saturated rings. The van der Waals surface area contributed by atoms with Crippen molar-refractivity contribution in [2.24, 2.45) is 0 Å². The molecule has 0 unspecified atom stereocenters. The molecule has 6 nitrogen and oxygen atoms in total. The summed E-state index contributed by atoms with van der Waals surface area (Å²) in [4.78, 5) is 35.9. The van der Waals surface area contributed by atoms with E-state index in [1.165, 1.54) is 7.11 Å². The second-order valence-electron chi connectivity index (χ2n) is 7.32. The molecule has 6 heteroatoms. The number of rotatable bonds is 7. The van der Waals surface area contributed by atoms with Crippen molar-refractivity contribution < 1.29 is 23.9 Å². The van der Waals surface area contributed by atoms with Gasteiger partial charge in [-0.25, -0.2) is 0 Å². The fraction of sp³-hybridized carbons (Fsp3) is 0.318. The minimum atomic E-state index is -0.679. The van der Waals surface area contributed by atoms with Crippen LogP contribution >= 0.6 is 0 Å². The van der Waals surface area contributed by atoms with Crippen LogP contribution in [0, 0.1) is 0 Å². The topological polar surface area (TPSA) is 81.7 Å². The van der Waals surface area contributed by atoms with Crippen LogP contribution in [0.3, 0.4) is 0 Å². The van der Waals surface area contributed by atoms with E-state index in [9.17, 15) is 14.4 Å². The highest BCUT2D eigenvalue weighted by atomic mass is 16.5. The van der Waals surface area contributed by atoms with Crippen LogP contribution < -0.4 is 10.1 Å². The van der Waals surface area contributed by atoms with Crippen molar-refractivity contribution in [3.63, 3.8) is 0 Å². The number of ketones is 1. The van der Waals surface area contributed by atoms with Gasteiger partial charge < -0.3 is 14.8 Å². The number of hydrogen-bond acceptors (Lipinski definition) is 5. The quantitative estimate of drug-likeness (QED) is 0.587. The normalized spacial score (nSPS) is 10.9. The maximum Gasteiger partial charge on any atom is 0.325 e. The molecule has 0 spiro atoms. The zero-order valence-corrected chi connectivity index (χ0v) is 16.6. The fourth-order valence-corrected chi connectivity index (χ4v) is 2.43. The summed E-state index contributed by atoms with van der Waals surface area (Å²) in [5.74, 6) is -0.757. The Hall–Kier alpha value is -3.15. The Morgan fingerprint density at radius 2 is 1.46 bits per heavy atom. The number of ether oxygens (including phenoxy) is 2. The number of esters is 1. The molecular formula is C22H25NO5. The van der Waals surface area contributed by atoms with Crippen molar-refractivity contribution >= 4 is 17.7 Å². The summed E-state index contributed by atoms with van der Waals surface area (Å²) in [6.07, 6.45) is 0. The van der Waals surface area contributed by atoms with E-state index in [0.717, 1.165) is 5.56 Å². The van der Waals surface area contributed by atoms with E-state index in [1.807, 2.05) is 12.1 Å². The van der Waals surface area contributed by atoms with Gasteiger partial charge in [0.2, 0.25) is 0 Å². The fourth-order valence-electron chi connectivity index (χ4n) is 2.43. The van der Waals surface area contributed by atoms with Gasteiger partial charge in [-0.05, 0) is 47.4 Å². The molecule has 0 aromatic heterocycles. The monoisotopic (exact) mass is 383 g/mol. The zero-order chi connectivity index (χ0) is 20.7. The van der Waals surface area contributed by atoms with E-state index in [-0.39, 0.29) is 30.3 Å². The van der Waals surface area contributed by atoms with Crippen LogP contribution in [-0.2, 0) is 14.9 Å². The molecule has 0 heterocycles. The summed E-state index contributed by atoms with van der Waals surface area (Å²) >= 11 is 0. The summed E-state index contributed by atoms with van der Waals surface area (Å²) in [7, 11) is 1.53. The van der Waals surface area contributed by atoms with Crippen molar-refractivity contribution in [1.82, 2.24) is 5.32 Å². The van der Waals surface area contributed by atoms with Gasteiger partial charge in [-0.3, -0.25) is 14.4 Å². The molecule has 2 rings (SSSR count). The molecule has 2 aromatic carbocycles. The van der Waals surface area contributed by atoms with Crippen LogP contribution in [0.5, 0.6) is 5.75 Å². The largest absolute Gasteiger partial charge is 0.497 e. The Bertz CT molecular complexity index is 833. The highest BCUT2D eigenvalue weighted by Crippen LogP contribution is 2.22. The van der Waals surface area contributed by atoms with Gasteiger partial charge in [0.1, 0.15) is 12.3 Å². The lowest BCUT2D eigenvalue weighted by Gasteiger charge is -2.19. The second kappa shape index (κ2) is 9.17. The van der Waals surface area contributed by atoms with Gasteiger partial charge in [0.05, 0.1) is 7.11 Å². The minimum absolute atomic E-state index is 0.00473. The number of hydrogen-bond donors (Lipinski definition) is 1. The number of carbonyl (C=O) groups excluding carboxylic acids is 3. The second-order valence-corrected chi connectivity index (χ2v) is 7.32. The molecule has 0 aliphatic carbocycles. The van der Waals surface area contributed by atoms with Crippen molar-refractivity contribution in [2.45, 2.75) is 26.2 Å². The number of benzene rings is 2. The SMILES string of the molecule is COc1ccc(C(=O)COC(=O)CNC(=O)c2ccc(C(C)(C)C)cc2)cc1. The Morgan fingerprint density at radius 1 is 0.893 bits per heavy atom. The molecule has 0 atom stereocenters. The lowest BCUT2D eigenvalue weighted by molar-refractivity contribution is -0.141. The molecule has 0 saturated heterocycles. The van der Waals surface area contributed by atoms with Crippen LogP contribution in [0.25, 0.3) is 0 Å². The molecule has 0 aliphatic heterocycles. The average Bonchev–Trinajstić information content (AvgIpc) is 2.69. The van der Waals surface area contributed by atoms with E-state index < -0.39 is 5.97 Å². The van der Waals surface area contributed by atoms with E-state index >= 15 is 0 Å². The van der Waals surface area contributed by atoms with Crippen LogP contribution in [0.15, 0.2) is 48.5 Å². The Kier molecular flexibility index (Phi) is 6.93. The first kappa shape index (κ1) is 21.2. The van der Waals surface area contributed by atoms with Gasteiger partial charge in [0, 0.05) is 11.1 Å². The molecule has 0 radical (unpaired) electrons. The van der Waals surface area contributed by atoms with Gasteiger partial charge in [0.25, 0.3) is 5.91 Å². The first-order chi connectivity index (χ1) is 13.2.